The highest BCUT2D eigenvalue weighted by atomic mass is 16.2. The first kappa shape index (κ1) is 16.6. The fourth-order valence-electron chi connectivity index (χ4n) is 3.16. The van der Waals surface area contributed by atoms with Crippen molar-refractivity contribution in [3.63, 3.8) is 0 Å². The van der Waals surface area contributed by atoms with Gasteiger partial charge in [-0.05, 0) is 24.3 Å². The monoisotopic (exact) mass is 360 g/mol. The highest BCUT2D eigenvalue weighted by Crippen LogP contribution is 2.26. The second kappa shape index (κ2) is 6.45. The van der Waals surface area contributed by atoms with Crippen LogP contribution in [0.4, 0.5) is 5.69 Å². The summed E-state index contributed by atoms with van der Waals surface area (Å²) in [6, 6.07) is 16.3. The zero-order valence-corrected chi connectivity index (χ0v) is 14.3. The van der Waals surface area contributed by atoms with E-state index in [1.54, 1.807) is 41.1 Å². The smallest absolute Gasteiger partial charge is 0.282 e. The number of hydrogen-bond acceptors (Lipinski definition) is 3. The third-order valence-electron chi connectivity index (χ3n) is 4.35. The molecular weight excluding hydrogens is 344 g/mol. The first-order valence-corrected chi connectivity index (χ1v) is 8.33. The number of nitrogens with two attached hydrogens (primary N) is 1. The molecule has 0 radical (unpaired) electrons. The molecular formula is C20H16N4O3. The number of hydrogen-bond donors (Lipinski definition) is 2. The number of para-hydroxylation sites is 2. The van der Waals surface area contributed by atoms with Gasteiger partial charge in [0.25, 0.3) is 11.8 Å². The normalized spacial score (nSPS) is 15.6. The average Bonchev–Trinajstić information content (AvgIpc) is 3.15. The Morgan fingerprint density at radius 1 is 1.04 bits per heavy atom. The Bertz CT molecular complexity index is 1100. The molecule has 134 valence electrons. The van der Waals surface area contributed by atoms with E-state index in [4.69, 9.17) is 5.73 Å². The van der Waals surface area contributed by atoms with Gasteiger partial charge >= 0.3 is 0 Å². The van der Waals surface area contributed by atoms with Crippen molar-refractivity contribution in [1.29, 1.82) is 0 Å². The Morgan fingerprint density at radius 3 is 2.48 bits per heavy atom. The van der Waals surface area contributed by atoms with Gasteiger partial charge < -0.3 is 10.3 Å². The number of carbonyl (C=O) groups is 3. The summed E-state index contributed by atoms with van der Waals surface area (Å²) in [5.74, 6) is -1.38. The van der Waals surface area contributed by atoms with E-state index >= 15 is 0 Å². The van der Waals surface area contributed by atoms with Crippen molar-refractivity contribution in [3.05, 3.63) is 71.9 Å². The molecule has 1 saturated heterocycles. The number of rotatable bonds is 4. The Balaban J connectivity index is 1.76. The molecule has 0 saturated carbocycles. The Morgan fingerprint density at radius 2 is 1.74 bits per heavy atom. The van der Waals surface area contributed by atoms with E-state index < -0.39 is 17.7 Å². The number of anilines is 1. The van der Waals surface area contributed by atoms with Gasteiger partial charge in [0.1, 0.15) is 12.1 Å². The average molecular weight is 360 g/mol. The number of nitrogens with zero attached hydrogens (tertiary/aromatic N) is 2. The van der Waals surface area contributed by atoms with Crippen LogP contribution in [0.25, 0.3) is 17.0 Å². The van der Waals surface area contributed by atoms with Gasteiger partial charge in [0.15, 0.2) is 0 Å². The lowest BCUT2D eigenvalue weighted by molar-refractivity contribution is -0.119. The van der Waals surface area contributed by atoms with Crippen LogP contribution in [0.2, 0.25) is 0 Å². The van der Waals surface area contributed by atoms with E-state index in [-0.39, 0.29) is 12.1 Å². The standard InChI is InChI=1S/C20H16N4O3/c21-18(25)12-23-11-13(15-8-4-5-9-17(15)23)10-16-19(26)22-24(20(16)27)14-6-2-1-3-7-14/h1-11H,12H2,(H2,21,25)(H,22,26). The number of hydrazine groups is 1. The summed E-state index contributed by atoms with van der Waals surface area (Å²) in [4.78, 5) is 36.4. The van der Waals surface area contributed by atoms with Gasteiger partial charge in [-0.2, -0.15) is 0 Å². The number of fused-ring (bicyclic) bond motifs is 1. The zero-order valence-electron chi connectivity index (χ0n) is 14.3. The molecule has 0 aliphatic carbocycles. The summed E-state index contributed by atoms with van der Waals surface area (Å²) in [6.07, 6.45) is 3.26. The summed E-state index contributed by atoms with van der Waals surface area (Å²) in [5.41, 5.74) is 9.96. The van der Waals surface area contributed by atoms with E-state index in [0.717, 1.165) is 10.9 Å². The van der Waals surface area contributed by atoms with Gasteiger partial charge in [0.2, 0.25) is 5.91 Å². The predicted octanol–water partition coefficient (Wildman–Crippen LogP) is 1.59. The van der Waals surface area contributed by atoms with Gasteiger partial charge in [-0.3, -0.25) is 19.8 Å². The van der Waals surface area contributed by atoms with Crippen LogP contribution in [-0.2, 0) is 20.9 Å². The Hall–Kier alpha value is -3.87. The van der Waals surface area contributed by atoms with Gasteiger partial charge in [-0.25, -0.2) is 5.01 Å². The second-order valence-electron chi connectivity index (χ2n) is 6.17. The first-order valence-electron chi connectivity index (χ1n) is 8.33. The predicted molar refractivity (Wildman–Crippen MR) is 101 cm³/mol. The topological polar surface area (TPSA) is 97.4 Å². The molecule has 7 nitrogen and oxygen atoms in total. The zero-order chi connectivity index (χ0) is 19.0. The molecule has 2 aromatic carbocycles. The number of nitrogens with one attached hydrogen (secondary N) is 1. The number of benzene rings is 2. The lowest BCUT2D eigenvalue weighted by Crippen LogP contribution is -2.35. The summed E-state index contributed by atoms with van der Waals surface area (Å²) in [6.45, 7) is 0.0139. The molecule has 1 fully saturated rings. The molecule has 1 aromatic heterocycles. The molecule has 0 bridgehead atoms. The molecule has 0 unspecified atom stereocenters. The van der Waals surface area contributed by atoms with E-state index in [1.165, 1.54) is 5.01 Å². The molecule has 0 atom stereocenters. The molecule has 1 aliphatic rings. The van der Waals surface area contributed by atoms with Gasteiger partial charge in [0, 0.05) is 22.7 Å². The minimum atomic E-state index is -0.476. The van der Waals surface area contributed by atoms with Crippen molar-refractivity contribution in [2.24, 2.45) is 5.73 Å². The minimum absolute atomic E-state index is 0.0139. The number of primary amides is 1. The fourth-order valence-corrected chi connectivity index (χ4v) is 3.16. The third kappa shape index (κ3) is 2.95. The summed E-state index contributed by atoms with van der Waals surface area (Å²) in [7, 11) is 0. The third-order valence-corrected chi connectivity index (χ3v) is 4.35. The van der Waals surface area contributed by atoms with Crippen LogP contribution in [0.15, 0.2) is 66.4 Å². The van der Waals surface area contributed by atoms with Crippen molar-refractivity contribution in [1.82, 2.24) is 9.99 Å². The van der Waals surface area contributed by atoms with Gasteiger partial charge in [0.05, 0.1) is 5.69 Å². The highest BCUT2D eigenvalue weighted by molar-refractivity contribution is 6.32. The van der Waals surface area contributed by atoms with Crippen molar-refractivity contribution >= 4 is 40.4 Å². The Kier molecular flexibility index (Phi) is 3.97. The lowest BCUT2D eigenvalue weighted by atomic mass is 10.1. The second-order valence-corrected chi connectivity index (χ2v) is 6.17. The van der Waals surface area contributed by atoms with Gasteiger partial charge in [-0.15, -0.1) is 0 Å². The van der Waals surface area contributed by atoms with Crippen LogP contribution in [0.5, 0.6) is 0 Å². The molecule has 2 heterocycles. The molecule has 27 heavy (non-hydrogen) atoms. The first-order chi connectivity index (χ1) is 13.0. The summed E-state index contributed by atoms with van der Waals surface area (Å²) in [5, 5.41) is 2.04. The van der Waals surface area contributed by atoms with E-state index in [0.29, 0.717) is 11.3 Å². The molecule has 4 rings (SSSR count). The summed E-state index contributed by atoms with van der Waals surface area (Å²) >= 11 is 0. The highest BCUT2D eigenvalue weighted by Gasteiger charge is 2.34. The van der Waals surface area contributed by atoms with E-state index in [1.807, 2.05) is 30.3 Å². The van der Waals surface area contributed by atoms with Crippen LogP contribution in [0.3, 0.4) is 0 Å². The summed E-state index contributed by atoms with van der Waals surface area (Å²) < 4.78 is 1.70. The van der Waals surface area contributed by atoms with Crippen molar-refractivity contribution in [2.75, 3.05) is 5.01 Å². The van der Waals surface area contributed by atoms with Crippen LogP contribution < -0.4 is 16.2 Å². The maximum Gasteiger partial charge on any atom is 0.282 e. The largest absolute Gasteiger partial charge is 0.368 e. The minimum Gasteiger partial charge on any atom is -0.368 e. The van der Waals surface area contributed by atoms with Crippen LogP contribution in [0, 0.1) is 0 Å². The maximum atomic E-state index is 12.7. The molecule has 3 N–H and O–H groups in total. The molecule has 0 spiro atoms. The molecule has 1 aliphatic heterocycles. The number of aromatic nitrogens is 1. The SMILES string of the molecule is NC(=O)Cn1cc(C=C2C(=O)NN(c3ccccc3)C2=O)c2ccccc21. The van der Waals surface area contributed by atoms with Crippen LogP contribution >= 0.6 is 0 Å². The van der Waals surface area contributed by atoms with Crippen molar-refractivity contribution < 1.29 is 14.4 Å². The maximum absolute atomic E-state index is 12.7. The Labute approximate surface area is 154 Å². The van der Waals surface area contributed by atoms with Crippen molar-refractivity contribution in [2.45, 2.75) is 6.54 Å². The van der Waals surface area contributed by atoms with Crippen molar-refractivity contribution in [3.8, 4) is 0 Å². The van der Waals surface area contributed by atoms with Crippen LogP contribution in [0.1, 0.15) is 5.56 Å². The van der Waals surface area contributed by atoms with Crippen LogP contribution in [-0.4, -0.2) is 22.3 Å². The van der Waals surface area contributed by atoms with E-state index in [2.05, 4.69) is 5.43 Å². The van der Waals surface area contributed by atoms with E-state index in [9.17, 15) is 14.4 Å². The van der Waals surface area contributed by atoms with Gasteiger partial charge in [-0.1, -0.05) is 36.4 Å². The fraction of sp³-hybridized carbons (Fsp3) is 0.0500. The lowest BCUT2D eigenvalue weighted by Gasteiger charge is -2.13. The number of carbonyl (C=O) groups excluding carboxylic acids is 3. The molecule has 3 amide bonds. The molecule has 7 heteroatoms. The number of amides is 3. The molecule has 3 aromatic rings. The quantitative estimate of drug-likeness (QED) is 0.546.